The number of benzene rings is 2. The maximum atomic E-state index is 5.62. The van der Waals surface area contributed by atoms with Crippen molar-refractivity contribution in [2.45, 2.75) is 12.2 Å². The van der Waals surface area contributed by atoms with E-state index in [0.29, 0.717) is 13.2 Å². The zero-order valence-corrected chi connectivity index (χ0v) is 11.3. The molecule has 1 saturated heterocycles. The summed E-state index contributed by atoms with van der Waals surface area (Å²) in [6.07, 6.45) is 4.54. The number of ether oxygens (including phenoxy) is 2. The van der Waals surface area contributed by atoms with E-state index in [9.17, 15) is 0 Å². The van der Waals surface area contributed by atoms with E-state index in [1.165, 1.54) is 11.1 Å². The lowest BCUT2D eigenvalue weighted by Crippen LogP contribution is -2.02. The quantitative estimate of drug-likeness (QED) is 0.585. The molecule has 3 rings (SSSR count). The van der Waals surface area contributed by atoms with Crippen LogP contribution < -0.4 is 0 Å². The van der Waals surface area contributed by atoms with E-state index < -0.39 is 0 Å². The minimum atomic E-state index is 0.211. The van der Waals surface area contributed by atoms with Crippen LogP contribution in [-0.4, -0.2) is 19.3 Å². The van der Waals surface area contributed by atoms with Crippen molar-refractivity contribution >= 4 is 6.08 Å². The SMILES string of the molecule is C(=C\c1ccccc1)/COC[C@H]1O[C@@H]1c1ccccc1. The fraction of sp³-hybridized carbons (Fsp3) is 0.222. The van der Waals surface area contributed by atoms with E-state index in [1.807, 2.05) is 42.5 Å². The van der Waals surface area contributed by atoms with Crippen LogP contribution in [0.4, 0.5) is 0 Å². The molecule has 2 aromatic rings. The van der Waals surface area contributed by atoms with E-state index in [2.05, 4.69) is 30.3 Å². The zero-order chi connectivity index (χ0) is 13.6. The van der Waals surface area contributed by atoms with Crippen LogP contribution in [-0.2, 0) is 9.47 Å². The van der Waals surface area contributed by atoms with Crippen LogP contribution >= 0.6 is 0 Å². The molecule has 0 radical (unpaired) electrons. The lowest BCUT2D eigenvalue weighted by Gasteiger charge is -1.98. The Morgan fingerprint density at radius 2 is 1.65 bits per heavy atom. The van der Waals surface area contributed by atoms with Crippen molar-refractivity contribution in [1.29, 1.82) is 0 Å². The Morgan fingerprint density at radius 1 is 0.950 bits per heavy atom. The third kappa shape index (κ3) is 3.56. The summed E-state index contributed by atoms with van der Waals surface area (Å²) in [7, 11) is 0. The molecule has 0 aromatic heterocycles. The van der Waals surface area contributed by atoms with Crippen LogP contribution in [0.2, 0.25) is 0 Å². The standard InChI is InChI=1S/C18H18O2/c1-3-8-15(9-4-1)10-7-13-19-14-17-18(20-17)16-11-5-2-6-12-16/h1-12,17-18H,13-14H2/b10-7+/t17-,18-/m1/s1. The molecule has 0 saturated carbocycles. The van der Waals surface area contributed by atoms with Crippen molar-refractivity contribution in [1.82, 2.24) is 0 Å². The summed E-state index contributed by atoms with van der Waals surface area (Å²) in [4.78, 5) is 0. The first-order chi connectivity index (χ1) is 9.93. The van der Waals surface area contributed by atoms with E-state index in [0.717, 1.165) is 0 Å². The minimum Gasteiger partial charge on any atom is -0.375 e. The van der Waals surface area contributed by atoms with E-state index in [1.54, 1.807) is 0 Å². The van der Waals surface area contributed by atoms with Gasteiger partial charge in [-0.15, -0.1) is 0 Å². The van der Waals surface area contributed by atoms with Gasteiger partial charge in [0.15, 0.2) is 0 Å². The monoisotopic (exact) mass is 266 g/mol. The molecule has 1 heterocycles. The molecule has 0 bridgehead atoms. The summed E-state index contributed by atoms with van der Waals surface area (Å²) >= 11 is 0. The van der Waals surface area contributed by atoms with Crippen molar-refractivity contribution in [2.24, 2.45) is 0 Å². The molecule has 1 aliphatic heterocycles. The summed E-state index contributed by atoms with van der Waals surface area (Å²) < 4.78 is 11.2. The normalized spacial score (nSPS) is 21.2. The topological polar surface area (TPSA) is 21.8 Å². The van der Waals surface area contributed by atoms with Crippen molar-refractivity contribution in [3.05, 3.63) is 77.9 Å². The molecule has 2 heteroatoms. The summed E-state index contributed by atoms with van der Waals surface area (Å²) in [5.74, 6) is 0. The van der Waals surface area contributed by atoms with Gasteiger partial charge in [0.25, 0.3) is 0 Å². The molecule has 0 N–H and O–H groups in total. The van der Waals surface area contributed by atoms with Crippen LogP contribution in [0.25, 0.3) is 6.08 Å². The molecule has 2 aromatic carbocycles. The van der Waals surface area contributed by atoms with Crippen molar-refractivity contribution in [3.63, 3.8) is 0 Å². The first-order valence-corrected chi connectivity index (χ1v) is 6.93. The van der Waals surface area contributed by atoms with Crippen molar-refractivity contribution in [3.8, 4) is 0 Å². The van der Waals surface area contributed by atoms with Crippen LogP contribution in [0.1, 0.15) is 17.2 Å². The highest BCUT2D eigenvalue weighted by Crippen LogP contribution is 2.38. The fourth-order valence-corrected chi connectivity index (χ4v) is 2.21. The summed E-state index contributed by atoms with van der Waals surface area (Å²) in [6, 6.07) is 20.5. The zero-order valence-electron chi connectivity index (χ0n) is 11.3. The van der Waals surface area contributed by atoms with Gasteiger partial charge in [-0.05, 0) is 11.1 Å². The second-order valence-electron chi connectivity index (χ2n) is 4.86. The van der Waals surface area contributed by atoms with E-state index in [-0.39, 0.29) is 12.2 Å². The summed E-state index contributed by atoms with van der Waals surface area (Å²) in [5.41, 5.74) is 2.43. The molecule has 1 fully saturated rings. The third-order valence-corrected chi connectivity index (χ3v) is 3.32. The van der Waals surface area contributed by atoms with Gasteiger partial charge in [0.2, 0.25) is 0 Å². The molecular weight excluding hydrogens is 248 g/mol. The van der Waals surface area contributed by atoms with E-state index in [4.69, 9.17) is 9.47 Å². The minimum absolute atomic E-state index is 0.211. The molecule has 0 unspecified atom stereocenters. The molecule has 2 atom stereocenters. The van der Waals surface area contributed by atoms with Crippen molar-refractivity contribution < 1.29 is 9.47 Å². The van der Waals surface area contributed by atoms with E-state index >= 15 is 0 Å². The smallest absolute Gasteiger partial charge is 0.112 e. The largest absolute Gasteiger partial charge is 0.375 e. The van der Waals surface area contributed by atoms with Crippen LogP contribution in [0.15, 0.2) is 66.7 Å². The summed E-state index contributed by atoms with van der Waals surface area (Å²) in [5, 5.41) is 0. The van der Waals surface area contributed by atoms with Crippen LogP contribution in [0.5, 0.6) is 0 Å². The Labute approximate surface area is 119 Å². The Balaban J connectivity index is 1.37. The second kappa shape index (κ2) is 6.51. The molecule has 0 spiro atoms. The lowest BCUT2D eigenvalue weighted by molar-refractivity contribution is 0.141. The van der Waals surface area contributed by atoms with Gasteiger partial charge >= 0.3 is 0 Å². The molecule has 1 aliphatic rings. The Morgan fingerprint density at radius 3 is 2.40 bits per heavy atom. The van der Waals surface area contributed by atoms with Gasteiger partial charge in [-0.2, -0.15) is 0 Å². The number of rotatable bonds is 6. The number of hydrogen-bond acceptors (Lipinski definition) is 2. The molecule has 102 valence electrons. The van der Waals surface area contributed by atoms with Gasteiger partial charge < -0.3 is 9.47 Å². The Bertz CT molecular complexity index is 548. The third-order valence-electron chi connectivity index (χ3n) is 3.32. The first-order valence-electron chi connectivity index (χ1n) is 6.93. The second-order valence-corrected chi connectivity index (χ2v) is 4.86. The van der Waals surface area contributed by atoms with Crippen molar-refractivity contribution in [2.75, 3.05) is 13.2 Å². The highest BCUT2D eigenvalue weighted by molar-refractivity contribution is 5.48. The predicted octanol–water partition coefficient (Wildman–Crippen LogP) is 3.86. The fourth-order valence-electron chi connectivity index (χ4n) is 2.21. The average molecular weight is 266 g/mol. The highest BCUT2D eigenvalue weighted by Gasteiger charge is 2.39. The first kappa shape index (κ1) is 13.1. The number of hydrogen-bond donors (Lipinski definition) is 0. The number of epoxide rings is 1. The van der Waals surface area contributed by atoms with Gasteiger partial charge in [-0.3, -0.25) is 0 Å². The predicted molar refractivity (Wildman–Crippen MR) is 80.4 cm³/mol. The molecule has 2 nitrogen and oxygen atoms in total. The van der Waals surface area contributed by atoms with Gasteiger partial charge in [0, 0.05) is 0 Å². The molecule has 0 amide bonds. The molecule has 20 heavy (non-hydrogen) atoms. The van der Waals surface area contributed by atoms with Gasteiger partial charge in [0.1, 0.15) is 12.2 Å². The lowest BCUT2D eigenvalue weighted by atomic mass is 10.1. The average Bonchev–Trinajstić information content (AvgIpc) is 3.28. The Kier molecular flexibility index (Phi) is 4.26. The Hall–Kier alpha value is -1.90. The van der Waals surface area contributed by atoms with Gasteiger partial charge in [0.05, 0.1) is 13.2 Å². The highest BCUT2D eigenvalue weighted by atomic mass is 16.6. The van der Waals surface area contributed by atoms with Crippen LogP contribution in [0.3, 0.4) is 0 Å². The molecule has 0 aliphatic carbocycles. The van der Waals surface area contributed by atoms with Gasteiger partial charge in [-0.25, -0.2) is 0 Å². The van der Waals surface area contributed by atoms with Gasteiger partial charge in [-0.1, -0.05) is 72.8 Å². The maximum absolute atomic E-state index is 5.62. The maximum Gasteiger partial charge on any atom is 0.112 e. The summed E-state index contributed by atoms with van der Waals surface area (Å²) in [6.45, 7) is 1.27. The molecular formula is C18H18O2. The van der Waals surface area contributed by atoms with Crippen LogP contribution in [0, 0.1) is 0 Å².